The topological polar surface area (TPSA) is 357 Å². The van der Waals surface area contributed by atoms with Crippen LogP contribution < -0.4 is 31.3 Å². The predicted molar refractivity (Wildman–Crippen MR) is 265 cm³/mol. The van der Waals surface area contributed by atoms with Crippen LogP contribution in [0.5, 0.6) is 11.5 Å². The number of benzene rings is 3. The highest BCUT2D eigenvalue weighted by molar-refractivity contribution is 6.00. The van der Waals surface area contributed by atoms with Crippen molar-refractivity contribution in [2.45, 2.75) is 138 Å². The molecule has 1 aliphatic carbocycles. The molecule has 14 atom stereocenters. The number of fused-ring (bicyclic) bond motifs is 2. The Morgan fingerprint density at radius 1 is 0.693 bits per heavy atom. The van der Waals surface area contributed by atoms with E-state index in [9.17, 15) is 74.4 Å². The van der Waals surface area contributed by atoms with Crippen LogP contribution in [-0.2, 0) is 35.2 Å². The van der Waals surface area contributed by atoms with Crippen LogP contribution in [0.2, 0.25) is 0 Å². The van der Waals surface area contributed by atoms with Crippen molar-refractivity contribution in [3.05, 3.63) is 83.9 Å². The quantitative estimate of drug-likeness (QED) is 0.0946. The summed E-state index contributed by atoms with van der Waals surface area (Å²) in [6.07, 6.45) is -10.7. The molecule has 14 unspecified atom stereocenters. The predicted octanol–water partition coefficient (Wildman–Crippen LogP) is -2.48. The molecule has 406 valence electrons. The first-order valence-corrected chi connectivity index (χ1v) is 25.1. The first-order chi connectivity index (χ1) is 35.6. The molecule has 4 fully saturated rings. The van der Waals surface area contributed by atoms with E-state index in [1.165, 1.54) is 49.7 Å². The third-order valence-corrected chi connectivity index (χ3v) is 14.4. The molecule has 7 amide bonds. The summed E-state index contributed by atoms with van der Waals surface area (Å²) in [5.74, 6) is -7.53. The van der Waals surface area contributed by atoms with Crippen molar-refractivity contribution < 1.29 is 79.2 Å². The van der Waals surface area contributed by atoms with E-state index in [2.05, 4.69) is 26.6 Å². The van der Waals surface area contributed by atoms with Crippen LogP contribution in [0.4, 0.5) is 0 Å². The van der Waals surface area contributed by atoms with E-state index in [1.807, 2.05) is 24.3 Å². The lowest BCUT2D eigenvalue weighted by Crippen LogP contribution is -2.64. The van der Waals surface area contributed by atoms with E-state index in [0.29, 0.717) is 23.8 Å². The molecule has 7 rings (SSSR count). The van der Waals surface area contributed by atoms with Gasteiger partial charge in [-0.1, -0.05) is 49.7 Å². The molecule has 23 nitrogen and oxygen atoms in total. The van der Waals surface area contributed by atoms with Crippen LogP contribution in [-0.4, -0.2) is 191 Å². The number of nitrogens with one attached hydrogen (secondary N) is 5. The number of phenolic OH excluding ortho intramolecular Hbond substituents is 1. The van der Waals surface area contributed by atoms with Gasteiger partial charge < -0.3 is 82.0 Å². The van der Waals surface area contributed by atoms with Crippen molar-refractivity contribution in [1.82, 2.24) is 36.4 Å². The third-order valence-electron chi connectivity index (χ3n) is 14.4. The van der Waals surface area contributed by atoms with Gasteiger partial charge in [0.15, 0.2) is 6.23 Å². The lowest BCUT2D eigenvalue weighted by molar-refractivity contribution is -0.148. The number of phenols is 1. The van der Waals surface area contributed by atoms with Gasteiger partial charge in [0, 0.05) is 43.8 Å². The summed E-state index contributed by atoms with van der Waals surface area (Å²) in [6.45, 7) is 3.54. The fourth-order valence-electron chi connectivity index (χ4n) is 9.67. The molecule has 75 heavy (non-hydrogen) atoms. The summed E-state index contributed by atoms with van der Waals surface area (Å²) in [5, 5.41) is 99.8. The van der Waals surface area contributed by atoms with Crippen LogP contribution >= 0.6 is 0 Å². The maximum Gasteiger partial charge on any atom is 0.251 e. The number of hydrogen-bond acceptors (Lipinski definition) is 16. The number of ether oxygens (including phenoxy) is 1. The molecule has 1 saturated carbocycles. The van der Waals surface area contributed by atoms with Crippen LogP contribution in [0.1, 0.15) is 68.8 Å². The molecule has 0 radical (unpaired) electrons. The molecule has 3 aromatic rings. The van der Waals surface area contributed by atoms with E-state index in [-0.39, 0.29) is 24.3 Å². The molecule has 0 bridgehead atoms. The molecule has 23 heteroatoms. The Morgan fingerprint density at radius 2 is 1.27 bits per heavy atom. The van der Waals surface area contributed by atoms with E-state index >= 15 is 0 Å². The van der Waals surface area contributed by atoms with E-state index in [1.54, 1.807) is 12.1 Å². The Bertz CT molecular complexity index is 2530. The maximum atomic E-state index is 14.4. The summed E-state index contributed by atoms with van der Waals surface area (Å²) in [7, 11) is 0. The minimum Gasteiger partial charge on any atom is -0.508 e. The number of hydrogen-bond donors (Lipinski definition) is 13. The van der Waals surface area contributed by atoms with Gasteiger partial charge in [-0.2, -0.15) is 0 Å². The van der Waals surface area contributed by atoms with Crippen LogP contribution in [0, 0.1) is 11.8 Å². The van der Waals surface area contributed by atoms with Gasteiger partial charge in [-0.05, 0) is 85.7 Å². The second-order valence-corrected chi connectivity index (χ2v) is 20.2. The Balaban J connectivity index is 1.19. The highest BCUT2D eigenvalue weighted by Gasteiger charge is 2.50. The monoisotopic (exact) mass is 1050 g/mol. The number of amides is 7. The second kappa shape index (κ2) is 24.3. The fraction of sp³-hybridized carbons (Fsp3) is 0.519. The molecular weight excluding hydrogens is 979 g/mol. The van der Waals surface area contributed by atoms with Gasteiger partial charge in [-0.15, -0.1) is 0 Å². The molecule has 0 spiro atoms. The Morgan fingerprint density at radius 3 is 1.85 bits per heavy atom. The smallest absolute Gasteiger partial charge is 0.251 e. The van der Waals surface area contributed by atoms with Crippen molar-refractivity contribution >= 4 is 41.4 Å². The number of rotatable bonds is 11. The minimum atomic E-state index is -2.26. The summed E-state index contributed by atoms with van der Waals surface area (Å²) in [4.78, 5) is 101. The van der Waals surface area contributed by atoms with Gasteiger partial charge in [-0.25, -0.2) is 0 Å². The molecular formula is C52H67N7O16. The maximum absolute atomic E-state index is 14.4. The molecule has 3 heterocycles. The summed E-state index contributed by atoms with van der Waals surface area (Å²) < 4.78 is 5.91. The molecule has 13 N–H and O–H groups in total. The zero-order valence-electron chi connectivity index (χ0n) is 41.7. The van der Waals surface area contributed by atoms with E-state index in [0.717, 1.165) is 47.6 Å². The van der Waals surface area contributed by atoms with Crippen LogP contribution in [0.25, 0.3) is 11.1 Å². The zero-order valence-corrected chi connectivity index (χ0v) is 41.7. The van der Waals surface area contributed by atoms with Gasteiger partial charge in [0.05, 0.1) is 37.1 Å². The number of aliphatic hydroxyl groups is 7. The summed E-state index contributed by atoms with van der Waals surface area (Å²) in [6, 6.07) is 8.08. The van der Waals surface area contributed by atoms with Crippen LogP contribution in [0.3, 0.4) is 0 Å². The standard InChI is InChI=1S/C52H67N7O16/c1-25-22-59-43(44(25)66)50(72)57-48(70)39(65)21-36(53-45(67)32-11-9-30(10-12-32)31-13-17-35(18-14-31)75-24-29-5-4-6-29)46(68)54-40(26(2)60)51(73)58-23-34(63)20-37(58)47(69)56-42(49(71)55-41(27(3)61)52(59)74)38(64)19-28-7-15-33(62)16-8-28/h7-18,25-27,29,34,36-44,48,60-66,70H,4-6,19-24H2,1-3H3,(H,53,67)(H,54,68)(H,55,71)(H,56,69)(H,57,72). The van der Waals surface area contributed by atoms with Crippen LogP contribution in [0.15, 0.2) is 72.8 Å². The average Bonchev–Trinajstić information content (AvgIpc) is 3.90. The third kappa shape index (κ3) is 13.4. The molecule has 3 saturated heterocycles. The van der Waals surface area contributed by atoms with E-state index < -0.39 is 146 Å². The fourth-order valence-corrected chi connectivity index (χ4v) is 9.67. The van der Waals surface area contributed by atoms with Gasteiger partial charge >= 0.3 is 0 Å². The summed E-state index contributed by atoms with van der Waals surface area (Å²) in [5.41, 5.74) is 1.94. The first kappa shape index (κ1) is 56.0. The largest absolute Gasteiger partial charge is 0.508 e. The Kier molecular flexibility index (Phi) is 18.1. The van der Waals surface area contributed by atoms with E-state index in [4.69, 9.17) is 4.74 Å². The normalized spacial score (nSPS) is 29.8. The highest BCUT2D eigenvalue weighted by atomic mass is 16.5. The van der Waals surface area contributed by atoms with Crippen molar-refractivity contribution in [2.24, 2.45) is 11.8 Å². The van der Waals surface area contributed by atoms with Gasteiger partial charge in [0.2, 0.25) is 35.4 Å². The Labute approximate surface area is 432 Å². The molecule has 3 aromatic carbocycles. The van der Waals surface area contributed by atoms with Gasteiger partial charge in [0.25, 0.3) is 5.91 Å². The molecule has 3 aliphatic heterocycles. The lowest BCUT2D eigenvalue weighted by atomic mass is 9.86. The lowest BCUT2D eigenvalue weighted by Gasteiger charge is -2.33. The van der Waals surface area contributed by atoms with Gasteiger partial charge in [-0.3, -0.25) is 33.6 Å². The van der Waals surface area contributed by atoms with Crippen molar-refractivity contribution in [3.63, 3.8) is 0 Å². The number of aromatic hydroxyl groups is 1. The zero-order chi connectivity index (χ0) is 54.4. The Hall–Kier alpha value is -6.73. The number of aliphatic hydroxyl groups excluding tert-OH is 7. The first-order valence-electron chi connectivity index (χ1n) is 25.1. The molecule has 4 aliphatic rings. The van der Waals surface area contributed by atoms with Gasteiger partial charge in [0.1, 0.15) is 53.9 Å². The second-order valence-electron chi connectivity index (χ2n) is 20.2. The molecule has 0 aromatic heterocycles. The van der Waals surface area contributed by atoms with Crippen molar-refractivity contribution in [3.8, 4) is 22.6 Å². The van der Waals surface area contributed by atoms with Crippen molar-refractivity contribution in [1.29, 1.82) is 0 Å². The minimum absolute atomic E-state index is 0.0322. The number of carbonyl (C=O) groups is 7. The highest BCUT2D eigenvalue weighted by Crippen LogP contribution is 2.30. The summed E-state index contributed by atoms with van der Waals surface area (Å²) >= 11 is 0. The number of carbonyl (C=O) groups excluding carboxylic acids is 7. The number of nitrogens with zero attached hydrogens (tertiary/aromatic N) is 2. The SMILES string of the molecule is CC(O)C1NC(=O)C(NC(=O)c2ccc(-c3ccc(OCC4CCC4)cc3)cc2)CC(O)C(O)NC(=O)C2C(O)C(C)CN2C(=O)C(C(C)O)NC(=O)C(C(O)Cc2ccc(O)cc2)NC(=O)C2CC(O)CN2C1=O. The van der Waals surface area contributed by atoms with Crippen molar-refractivity contribution in [2.75, 3.05) is 19.7 Å². The average molecular weight is 1050 g/mol.